The molecule has 12 heteroatoms. The van der Waals surface area contributed by atoms with Gasteiger partial charge in [0.1, 0.15) is 18.3 Å². The van der Waals surface area contributed by atoms with Gasteiger partial charge < -0.3 is 15.0 Å². The van der Waals surface area contributed by atoms with Crippen molar-refractivity contribution in [2.75, 3.05) is 18.0 Å². The number of halogens is 3. The summed E-state index contributed by atoms with van der Waals surface area (Å²) in [5.74, 6) is -0.639. The fourth-order valence-corrected chi connectivity index (χ4v) is 8.13. The van der Waals surface area contributed by atoms with Gasteiger partial charge in [0.15, 0.2) is 0 Å². The zero-order valence-electron chi connectivity index (χ0n) is 27.2. The Bertz CT molecular complexity index is 1870. The average Bonchev–Trinajstić information content (AvgIpc) is 3.60. The number of sulfonamides is 1. The van der Waals surface area contributed by atoms with Crippen LogP contribution < -0.4 is 14.4 Å². The van der Waals surface area contributed by atoms with Gasteiger partial charge in [-0.05, 0) is 67.8 Å². The number of nitrogens with one attached hydrogen (secondary N) is 1. The van der Waals surface area contributed by atoms with E-state index in [0.717, 1.165) is 41.1 Å². The Morgan fingerprint density at radius 1 is 0.878 bits per heavy atom. The topological polar surface area (TPSA) is 96.0 Å². The normalized spacial score (nSPS) is 13.9. The Labute approximate surface area is 303 Å². The van der Waals surface area contributed by atoms with E-state index in [1.54, 1.807) is 30.3 Å². The lowest BCUT2D eigenvalue weighted by Crippen LogP contribution is -2.54. The molecule has 0 unspecified atom stereocenters. The molecule has 0 saturated heterocycles. The molecule has 49 heavy (non-hydrogen) atoms. The molecule has 4 aromatic carbocycles. The van der Waals surface area contributed by atoms with Crippen molar-refractivity contribution >= 4 is 62.3 Å². The smallest absolute Gasteiger partial charge is 0.264 e. The number of amides is 2. The number of hydrogen-bond donors (Lipinski definition) is 1. The molecule has 1 fully saturated rings. The van der Waals surface area contributed by atoms with Crippen molar-refractivity contribution in [2.24, 2.45) is 0 Å². The SMILES string of the molecule is COc1ccc(N(CC(=O)N(Cc2c(Cl)cccc2Cl)[C@H](Cc2ccccc2)C(=O)NC2CCCC2)S(=O)(=O)c2ccc(C)cc2)cc1Cl. The number of hydrogen-bond acceptors (Lipinski definition) is 5. The molecule has 0 heterocycles. The van der Waals surface area contributed by atoms with Gasteiger partial charge in [0.25, 0.3) is 10.0 Å². The van der Waals surface area contributed by atoms with E-state index in [0.29, 0.717) is 21.4 Å². The molecule has 2 amide bonds. The highest BCUT2D eigenvalue weighted by Gasteiger charge is 2.36. The summed E-state index contributed by atoms with van der Waals surface area (Å²) in [6, 6.07) is 24.2. The monoisotopic (exact) mass is 741 g/mol. The first-order valence-electron chi connectivity index (χ1n) is 16.0. The van der Waals surface area contributed by atoms with Gasteiger partial charge in [-0.15, -0.1) is 0 Å². The predicted molar refractivity (Wildman–Crippen MR) is 195 cm³/mol. The lowest BCUT2D eigenvalue weighted by atomic mass is 10.0. The third kappa shape index (κ3) is 8.89. The molecular weight excluding hydrogens is 705 g/mol. The van der Waals surface area contributed by atoms with Crippen molar-refractivity contribution in [3.63, 3.8) is 0 Å². The van der Waals surface area contributed by atoms with Gasteiger partial charge in [0, 0.05) is 34.6 Å². The van der Waals surface area contributed by atoms with Gasteiger partial charge in [-0.3, -0.25) is 13.9 Å². The molecule has 0 bridgehead atoms. The zero-order valence-corrected chi connectivity index (χ0v) is 30.3. The maximum Gasteiger partial charge on any atom is 0.264 e. The van der Waals surface area contributed by atoms with E-state index in [-0.39, 0.29) is 40.5 Å². The number of benzene rings is 4. The van der Waals surface area contributed by atoms with E-state index in [9.17, 15) is 18.0 Å². The van der Waals surface area contributed by atoms with Crippen LogP contribution in [0.1, 0.15) is 42.4 Å². The number of ether oxygens (including phenoxy) is 1. The minimum atomic E-state index is -4.31. The molecule has 5 rings (SSSR count). The average molecular weight is 743 g/mol. The zero-order chi connectivity index (χ0) is 35.1. The summed E-state index contributed by atoms with van der Waals surface area (Å²) in [7, 11) is -2.86. The third-order valence-corrected chi connectivity index (χ3v) is 11.5. The first-order chi connectivity index (χ1) is 23.5. The minimum absolute atomic E-state index is 0.0154. The van der Waals surface area contributed by atoms with Gasteiger partial charge in [-0.1, -0.05) is 102 Å². The van der Waals surface area contributed by atoms with Gasteiger partial charge >= 0.3 is 0 Å². The van der Waals surface area contributed by atoms with Gasteiger partial charge in [0.05, 0.1) is 22.7 Å². The second-order valence-corrected chi connectivity index (χ2v) is 15.1. The van der Waals surface area contributed by atoms with Crippen LogP contribution >= 0.6 is 34.8 Å². The van der Waals surface area contributed by atoms with Crippen LogP contribution in [0.25, 0.3) is 0 Å². The summed E-state index contributed by atoms with van der Waals surface area (Å²) in [4.78, 5) is 30.3. The number of carbonyl (C=O) groups excluding carboxylic acids is 2. The van der Waals surface area contributed by atoms with Crippen LogP contribution in [-0.4, -0.2) is 50.9 Å². The van der Waals surface area contributed by atoms with Gasteiger partial charge in [-0.25, -0.2) is 8.42 Å². The van der Waals surface area contributed by atoms with Crippen LogP contribution in [0.5, 0.6) is 5.75 Å². The summed E-state index contributed by atoms with van der Waals surface area (Å²) >= 11 is 19.7. The van der Waals surface area contributed by atoms with Crippen molar-refractivity contribution in [1.82, 2.24) is 10.2 Å². The fraction of sp³-hybridized carbons (Fsp3) is 0.297. The highest BCUT2D eigenvalue weighted by molar-refractivity contribution is 7.92. The molecule has 1 N–H and O–H groups in total. The van der Waals surface area contributed by atoms with Crippen LogP contribution in [0.15, 0.2) is 95.9 Å². The lowest BCUT2D eigenvalue weighted by Gasteiger charge is -2.34. The summed E-state index contributed by atoms with van der Waals surface area (Å²) in [6.45, 7) is 1.06. The van der Waals surface area contributed by atoms with E-state index < -0.39 is 28.5 Å². The molecule has 0 spiro atoms. The highest BCUT2D eigenvalue weighted by atomic mass is 35.5. The van der Waals surface area contributed by atoms with E-state index >= 15 is 0 Å². The van der Waals surface area contributed by atoms with Crippen molar-refractivity contribution in [1.29, 1.82) is 0 Å². The molecule has 4 aromatic rings. The van der Waals surface area contributed by atoms with Crippen LogP contribution in [-0.2, 0) is 32.6 Å². The number of nitrogens with zero attached hydrogens (tertiary/aromatic N) is 2. The highest BCUT2D eigenvalue weighted by Crippen LogP contribution is 2.33. The third-order valence-electron chi connectivity index (χ3n) is 8.67. The molecule has 1 atom stereocenters. The maximum absolute atomic E-state index is 14.8. The van der Waals surface area contributed by atoms with Crippen LogP contribution in [0.3, 0.4) is 0 Å². The Morgan fingerprint density at radius 3 is 2.14 bits per heavy atom. The number of methoxy groups -OCH3 is 1. The Morgan fingerprint density at radius 2 is 1.53 bits per heavy atom. The molecule has 0 aromatic heterocycles. The quantitative estimate of drug-likeness (QED) is 0.151. The number of rotatable bonds is 13. The van der Waals surface area contributed by atoms with Crippen molar-refractivity contribution in [3.8, 4) is 5.75 Å². The van der Waals surface area contributed by atoms with Crippen LogP contribution in [0.4, 0.5) is 5.69 Å². The van der Waals surface area contributed by atoms with Crippen LogP contribution in [0, 0.1) is 6.92 Å². The lowest BCUT2D eigenvalue weighted by molar-refractivity contribution is -0.140. The Kier molecular flexibility index (Phi) is 12.1. The van der Waals surface area contributed by atoms with Crippen molar-refractivity contribution in [3.05, 3.63) is 123 Å². The van der Waals surface area contributed by atoms with Crippen LogP contribution in [0.2, 0.25) is 15.1 Å². The summed E-state index contributed by atoms with van der Waals surface area (Å²) in [5.41, 5.74) is 2.27. The number of carbonyl (C=O) groups is 2. The van der Waals surface area contributed by atoms with E-state index in [4.69, 9.17) is 39.5 Å². The van der Waals surface area contributed by atoms with Crippen molar-refractivity contribution < 1.29 is 22.7 Å². The molecule has 1 aliphatic carbocycles. The summed E-state index contributed by atoms with van der Waals surface area (Å²) < 4.78 is 34.9. The van der Waals surface area contributed by atoms with E-state index in [2.05, 4.69) is 5.32 Å². The molecule has 0 aliphatic heterocycles. The summed E-state index contributed by atoms with van der Waals surface area (Å²) in [6.07, 6.45) is 3.86. The second-order valence-electron chi connectivity index (χ2n) is 12.1. The van der Waals surface area contributed by atoms with Gasteiger partial charge in [0.2, 0.25) is 11.8 Å². The minimum Gasteiger partial charge on any atom is -0.495 e. The molecule has 0 radical (unpaired) electrons. The fourth-order valence-electron chi connectivity index (χ4n) is 5.95. The van der Waals surface area contributed by atoms with Crippen molar-refractivity contribution in [2.45, 2.75) is 62.6 Å². The van der Waals surface area contributed by atoms with Gasteiger partial charge in [-0.2, -0.15) is 0 Å². The number of anilines is 1. The molecular formula is C37H38Cl3N3O5S. The standard InChI is InChI=1S/C37H38Cl3N3O5S/c1-25-15-18-29(19-16-25)49(46,47)43(28-17-20-35(48-2)33(40)22-28)24-36(44)42(23-30-31(38)13-8-14-32(30)39)34(21-26-9-4-3-5-10-26)37(45)41-27-11-6-7-12-27/h3-5,8-10,13-20,22,27,34H,6-7,11-12,21,23-24H2,1-2H3,(H,41,45)/t34-/m1/s1. The Hall–Kier alpha value is -3.76. The molecule has 258 valence electrons. The second kappa shape index (κ2) is 16.3. The number of aryl methyl sites for hydroxylation is 1. The largest absolute Gasteiger partial charge is 0.495 e. The molecule has 1 aliphatic rings. The first-order valence-corrected chi connectivity index (χ1v) is 18.5. The first kappa shape index (κ1) is 36.5. The van der Waals surface area contributed by atoms with E-state index in [1.807, 2.05) is 37.3 Å². The summed E-state index contributed by atoms with van der Waals surface area (Å²) in [5, 5.41) is 3.94. The predicted octanol–water partition coefficient (Wildman–Crippen LogP) is 7.86. The molecule has 1 saturated carbocycles. The molecule has 8 nitrogen and oxygen atoms in total. The Balaban J connectivity index is 1.61. The van der Waals surface area contributed by atoms with E-state index in [1.165, 1.54) is 42.3 Å². The maximum atomic E-state index is 14.8.